The largest absolute Gasteiger partial charge is 0.508 e. The van der Waals surface area contributed by atoms with Crippen LogP contribution in [0.5, 0.6) is 28.7 Å². The van der Waals surface area contributed by atoms with E-state index in [9.17, 15) is 10.2 Å². The maximum atomic E-state index is 9.51. The van der Waals surface area contributed by atoms with E-state index in [1.807, 2.05) is 85.9 Å². The number of thiazole rings is 5. The zero-order valence-corrected chi connectivity index (χ0v) is 55.4. The van der Waals surface area contributed by atoms with Crippen molar-refractivity contribution in [3.05, 3.63) is 183 Å². The molecular formula is C71H67N15O5S5. The van der Waals surface area contributed by atoms with Crippen LogP contribution in [0, 0.1) is 0 Å². The molecule has 10 aromatic heterocycles. The van der Waals surface area contributed by atoms with Crippen LogP contribution < -0.4 is 39.5 Å². The van der Waals surface area contributed by atoms with Gasteiger partial charge in [-0.1, -0.05) is 0 Å². The Morgan fingerprint density at radius 1 is 0.344 bits per heavy atom. The number of nitrogens with zero attached hydrogens (tertiary/aromatic N) is 13. The highest BCUT2D eigenvalue weighted by molar-refractivity contribution is 7.23. The van der Waals surface area contributed by atoms with Crippen LogP contribution in [0.4, 0.5) is 29.1 Å². The maximum absolute atomic E-state index is 9.51. The number of hydrogen-bond donors (Lipinski definition) is 4. The lowest BCUT2D eigenvalue weighted by Gasteiger charge is -2.10. The highest BCUT2D eigenvalue weighted by Crippen LogP contribution is 2.37. The van der Waals surface area contributed by atoms with Crippen LogP contribution in [0.25, 0.3) is 104 Å². The SMILES string of the molecule is COc1ccc2nc(-c3ccc(N(C)C)nc3)sc2c1.[3H]C([3H])([3H])N(c1ccc(-c2nc3ccc(O)cc3s2)cn1)C([3H])([3H])[3H].[3H]C([3H])([3H])N(c1ccc(-c2nc3ccc(OC)cc3s2)cn1)C([3H])([3H])[3H].[3H]C([3H])([3H])Nc1ccc(-c2nc3ccc(O)cc3s2)cn1.[3H]C([3H])([3H])Nc1ccc(-c2nc3ccc(OC)cc3s2)cn1. The van der Waals surface area contributed by atoms with Crippen molar-refractivity contribution in [1.82, 2.24) is 49.8 Å². The number of rotatable bonds is 13. The molecule has 96 heavy (non-hydrogen) atoms. The first kappa shape index (κ1) is 47.2. The van der Waals surface area contributed by atoms with Crippen molar-refractivity contribution in [2.75, 3.05) is 103 Å². The first-order valence-corrected chi connectivity index (χ1v) is 32.4. The highest BCUT2D eigenvalue weighted by Gasteiger charge is 2.14. The molecule has 15 aromatic rings. The molecule has 10 heterocycles. The van der Waals surface area contributed by atoms with Gasteiger partial charge in [0.05, 0.1) is 72.4 Å². The lowest BCUT2D eigenvalue weighted by molar-refractivity contribution is 0.415. The van der Waals surface area contributed by atoms with Gasteiger partial charge in [-0.05, 0) is 152 Å². The van der Waals surface area contributed by atoms with E-state index >= 15 is 0 Å². The normalized spacial score (nSPS) is 14.3. The summed E-state index contributed by atoms with van der Waals surface area (Å²) in [6, 6.07) is 43.8. The summed E-state index contributed by atoms with van der Waals surface area (Å²) < 4.78 is 152. The molecule has 0 atom stereocenters. The van der Waals surface area contributed by atoms with E-state index < -0.39 is 41.9 Å². The predicted molar refractivity (Wildman–Crippen MR) is 399 cm³/mol. The van der Waals surface area contributed by atoms with Crippen molar-refractivity contribution in [3.63, 3.8) is 0 Å². The van der Waals surface area contributed by atoms with E-state index in [1.165, 1.54) is 75.9 Å². The van der Waals surface area contributed by atoms with Crippen LogP contribution >= 0.6 is 56.7 Å². The second-order valence-corrected chi connectivity index (χ2v) is 25.4. The number of hydrogen-bond acceptors (Lipinski definition) is 25. The first-order chi connectivity index (χ1) is 53.7. The summed E-state index contributed by atoms with van der Waals surface area (Å²) in [4.78, 5) is 45.9. The molecule has 0 saturated heterocycles. The zero-order chi connectivity index (χ0) is 82.4. The summed E-state index contributed by atoms with van der Waals surface area (Å²) in [6.45, 7) is -15.8. The number of ether oxygens (including phenoxy) is 3. The molecular weight excluding hydrogens is 1300 g/mol. The van der Waals surface area contributed by atoms with E-state index in [4.69, 9.17) is 38.9 Å². The van der Waals surface area contributed by atoms with Gasteiger partial charge in [0.25, 0.3) is 0 Å². The first-order valence-electron chi connectivity index (χ1n) is 37.4. The fraction of sp³-hybridized carbons (Fsp3) is 0.155. The zero-order valence-electron chi connectivity index (χ0n) is 69.3. The standard InChI is InChI=1S/2C15H15N3OS.2C14H13N3OS.C13H11N3OS/c2*1-18(2)14-7-4-10(9-16-14)15-17-12-6-5-11(19-3)8-13(12)20-15;1-17(2)13-6-3-9(8-15-13)14-16-11-5-4-10(18)7-12(11)19-14;1-15-13-6-3-9(8-16-13)14-17-11-5-4-10(18-2)7-12(11)19-14;1-14-12-5-2-8(7-15-12)13-16-10-4-3-9(17)6-11(10)18-13/h2*4-9H,1-3H3;3-8,18H,1-2H3;3-8H,1-2H3,(H,15,16);2-7,17H,1H3,(H,14,15)/i1T3,2T3;;1T3,2T3;2*1T3. The van der Waals surface area contributed by atoms with Crippen molar-refractivity contribution in [3.8, 4) is 81.6 Å². The number of aromatic hydroxyl groups is 2. The van der Waals surface area contributed by atoms with Gasteiger partial charge in [-0.15, -0.1) is 56.7 Å². The Bertz CT molecular complexity index is 5760. The molecule has 4 N–H and O–H groups in total. The molecule has 20 nitrogen and oxygen atoms in total. The second kappa shape index (κ2) is 30.6. The van der Waals surface area contributed by atoms with Crippen molar-refractivity contribution in [2.24, 2.45) is 0 Å². The van der Waals surface area contributed by atoms with Crippen LogP contribution in [0.15, 0.2) is 183 Å². The minimum atomic E-state index is -2.84. The number of phenolic OH excluding ortho intramolecular Hbond substituents is 2. The molecule has 0 aliphatic heterocycles. The Labute approximate surface area is 599 Å². The second-order valence-electron chi connectivity index (χ2n) is 20.3. The van der Waals surface area contributed by atoms with E-state index in [0.29, 0.717) is 42.3 Å². The van der Waals surface area contributed by atoms with Crippen LogP contribution in [-0.4, -0.2) is 137 Å². The molecule has 0 fully saturated rings. The number of nitrogens with one attached hydrogen (secondary N) is 2. The molecule has 0 bridgehead atoms. The van der Waals surface area contributed by atoms with Gasteiger partial charge in [-0.25, -0.2) is 49.8 Å². The third-order valence-electron chi connectivity index (χ3n) is 13.7. The number of anilines is 5. The van der Waals surface area contributed by atoms with Crippen molar-refractivity contribution >= 4 is 137 Å². The maximum Gasteiger partial charge on any atom is 0.127 e. The third kappa shape index (κ3) is 16.3. The Balaban J connectivity index is 0.000000141. The summed E-state index contributed by atoms with van der Waals surface area (Å²) in [5, 5.41) is 27.6. The fourth-order valence-electron chi connectivity index (χ4n) is 8.80. The average Bonchev–Trinajstić information content (AvgIpc) is 1.79. The highest BCUT2D eigenvalue weighted by atomic mass is 32.1. The van der Waals surface area contributed by atoms with Gasteiger partial charge in [0.15, 0.2) is 0 Å². The molecule has 0 unspecified atom stereocenters. The van der Waals surface area contributed by atoms with Crippen molar-refractivity contribution in [2.45, 2.75) is 0 Å². The molecule has 0 aliphatic carbocycles. The Morgan fingerprint density at radius 3 is 0.875 bits per heavy atom. The number of aromatic nitrogens is 10. The topological polar surface area (TPSA) is 231 Å². The number of fused-ring (bicyclic) bond motifs is 5. The summed E-state index contributed by atoms with van der Waals surface area (Å²) in [6.07, 6.45) is 7.87. The van der Waals surface area contributed by atoms with Gasteiger partial charge < -0.3 is 49.8 Å². The number of phenols is 2. The van der Waals surface area contributed by atoms with Gasteiger partial charge in [0.2, 0.25) is 0 Å². The molecule has 15 rings (SSSR count). The molecule has 0 aliphatic rings. The summed E-state index contributed by atoms with van der Waals surface area (Å²) in [5.74, 6) is 3.95. The molecule has 0 radical (unpaired) electrons. The minimum Gasteiger partial charge on any atom is -0.508 e. The quantitative estimate of drug-likeness (QED) is 0.0840. The number of pyridine rings is 5. The van der Waals surface area contributed by atoms with Gasteiger partial charge >= 0.3 is 0 Å². The summed E-state index contributed by atoms with van der Waals surface area (Å²) >= 11 is 7.41. The Morgan fingerprint density at radius 2 is 0.625 bits per heavy atom. The van der Waals surface area contributed by atoms with Gasteiger partial charge in [0.1, 0.15) is 82.9 Å². The molecule has 0 spiro atoms. The predicted octanol–water partition coefficient (Wildman–Crippen LogP) is 16.5. The minimum absolute atomic E-state index is 0.141. The molecule has 486 valence electrons. The van der Waals surface area contributed by atoms with Crippen LogP contribution in [0.3, 0.4) is 0 Å². The van der Waals surface area contributed by atoms with E-state index in [2.05, 4.69) is 66.5 Å². The van der Waals surface area contributed by atoms with Crippen LogP contribution in [-0.2, 0) is 0 Å². The number of benzene rings is 5. The van der Waals surface area contributed by atoms with Gasteiger partial charge in [0, 0.05) is 139 Å². The summed E-state index contributed by atoms with van der Waals surface area (Å²) in [7, 11) is 8.85. The van der Waals surface area contributed by atoms with E-state index in [-0.39, 0.29) is 29.0 Å². The van der Waals surface area contributed by atoms with Crippen molar-refractivity contribution in [1.29, 1.82) is 0 Å². The molecule has 0 saturated carbocycles. The molecule has 25 heteroatoms. The smallest absolute Gasteiger partial charge is 0.127 e. The van der Waals surface area contributed by atoms with Crippen LogP contribution in [0.1, 0.15) is 24.7 Å². The Kier molecular flexibility index (Phi) is 15.0. The van der Waals surface area contributed by atoms with Crippen LogP contribution in [0.2, 0.25) is 0 Å². The molecule has 0 amide bonds. The lowest BCUT2D eigenvalue weighted by Crippen LogP contribution is -2.09. The summed E-state index contributed by atoms with van der Waals surface area (Å²) in [5.41, 5.74) is 8.18. The van der Waals surface area contributed by atoms with E-state index in [1.54, 1.807) is 112 Å². The van der Waals surface area contributed by atoms with Gasteiger partial charge in [-0.3, -0.25) is 0 Å². The Hall–Kier alpha value is -10.7. The fourth-order valence-corrected chi connectivity index (χ4v) is 13.7. The van der Waals surface area contributed by atoms with Gasteiger partial charge in [-0.2, -0.15) is 0 Å². The lowest BCUT2D eigenvalue weighted by atomic mass is 10.3. The third-order valence-corrected chi connectivity index (χ3v) is 19.0. The number of methoxy groups -OCH3 is 3. The van der Waals surface area contributed by atoms with E-state index in [0.717, 1.165) is 100 Å². The van der Waals surface area contributed by atoms with Crippen molar-refractivity contribution < 1.29 is 49.1 Å². The monoisotopic (exact) mass is 1410 g/mol. The average molecular weight is 1410 g/mol. The molecule has 5 aromatic carbocycles.